The summed E-state index contributed by atoms with van der Waals surface area (Å²) in [6, 6.07) is 13.5. The van der Waals surface area contributed by atoms with Crippen LogP contribution in [0.1, 0.15) is 16.1 Å². The molecule has 0 unspecified atom stereocenters. The van der Waals surface area contributed by atoms with Gasteiger partial charge in [-0.3, -0.25) is 10.1 Å². The van der Waals surface area contributed by atoms with E-state index in [2.05, 4.69) is 10.3 Å². The Morgan fingerprint density at radius 1 is 1.17 bits per heavy atom. The maximum Gasteiger partial charge on any atom is 0.257 e. The van der Waals surface area contributed by atoms with E-state index in [0.29, 0.717) is 10.5 Å². The number of nitrogens with zero attached hydrogens (tertiary/aromatic N) is 2. The molecule has 2 aromatic carbocycles. The molecule has 0 saturated carbocycles. The van der Waals surface area contributed by atoms with Gasteiger partial charge in [-0.25, -0.2) is 17.8 Å². The lowest BCUT2D eigenvalue weighted by atomic mass is 10.2. The summed E-state index contributed by atoms with van der Waals surface area (Å²) in [6.45, 7) is 0.0890. The predicted molar refractivity (Wildman–Crippen MR) is 111 cm³/mol. The first-order valence-corrected chi connectivity index (χ1v) is 11.1. The Hall–Kier alpha value is -3.08. The fourth-order valence-corrected chi connectivity index (χ4v) is 4.82. The van der Waals surface area contributed by atoms with Gasteiger partial charge in [0, 0.05) is 12.6 Å². The molecule has 2 heterocycles. The lowest BCUT2D eigenvalue weighted by molar-refractivity contribution is 0.102. The van der Waals surface area contributed by atoms with Gasteiger partial charge in [0.25, 0.3) is 5.91 Å². The van der Waals surface area contributed by atoms with Crippen LogP contribution in [0.3, 0.4) is 0 Å². The lowest BCUT2D eigenvalue weighted by Gasteiger charge is -2.16. The molecule has 2 aromatic heterocycles. The number of nitrogens with one attached hydrogen (secondary N) is 1. The van der Waals surface area contributed by atoms with Gasteiger partial charge in [0.1, 0.15) is 17.1 Å². The molecule has 0 fully saturated rings. The number of carbonyl (C=O) groups is 1. The van der Waals surface area contributed by atoms with Crippen molar-refractivity contribution in [2.75, 3.05) is 12.4 Å². The molecule has 10 heteroatoms. The van der Waals surface area contributed by atoms with Crippen LogP contribution in [0.5, 0.6) is 0 Å². The number of benzene rings is 2. The zero-order valence-electron chi connectivity index (χ0n) is 15.7. The van der Waals surface area contributed by atoms with Crippen molar-refractivity contribution in [3.63, 3.8) is 0 Å². The number of furan rings is 1. The van der Waals surface area contributed by atoms with E-state index in [1.165, 1.54) is 43.6 Å². The van der Waals surface area contributed by atoms with Crippen LogP contribution >= 0.6 is 11.3 Å². The first-order chi connectivity index (χ1) is 14.3. The highest BCUT2D eigenvalue weighted by Gasteiger charge is 2.22. The number of fused-ring (bicyclic) bond motifs is 1. The highest BCUT2D eigenvalue weighted by Crippen LogP contribution is 2.28. The van der Waals surface area contributed by atoms with Gasteiger partial charge in [-0.2, -0.15) is 4.31 Å². The van der Waals surface area contributed by atoms with Crippen LogP contribution in [0.4, 0.5) is 9.52 Å². The van der Waals surface area contributed by atoms with Crippen molar-refractivity contribution in [1.82, 2.24) is 9.29 Å². The number of carbonyl (C=O) groups excluding carboxylic acids is 1. The molecule has 1 N–H and O–H groups in total. The quantitative estimate of drug-likeness (QED) is 0.482. The van der Waals surface area contributed by atoms with Gasteiger partial charge >= 0.3 is 0 Å². The Kier molecular flexibility index (Phi) is 5.37. The summed E-state index contributed by atoms with van der Waals surface area (Å²) in [5.41, 5.74) is 0.446. The van der Waals surface area contributed by atoms with Gasteiger partial charge in [-0.05, 0) is 48.5 Å². The first-order valence-electron chi connectivity index (χ1n) is 8.80. The second-order valence-corrected chi connectivity index (χ2v) is 9.50. The van der Waals surface area contributed by atoms with Crippen molar-refractivity contribution >= 4 is 42.6 Å². The molecule has 0 aliphatic carbocycles. The molecule has 1 amide bonds. The maximum atomic E-state index is 13.8. The van der Waals surface area contributed by atoms with E-state index in [9.17, 15) is 17.6 Å². The van der Waals surface area contributed by atoms with Gasteiger partial charge in [-0.1, -0.05) is 17.4 Å². The molecule has 4 aromatic rings. The van der Waals surface area contributed by atoms with E-state index in [1.54, 1.807) is 24.3 Å². The predicted octanol–water partition coefficient (Wildman–Crippen LogP) is 4.10. The number of aromatic nitrogens is 1. The van der Waals surface area contributed by atoms with E-state index < -0.39 is 21.7 Å². The number of amides is 1. The third kappa shape index (κ3) is 3.97. The normalized spacial score (nSPS) is 11.8. The minimum absolute atomic E-state index is 0.0511. The van der Waals surface area contributed by atoms with Crippen LogP contribution in [-0.4, -0.2) is 30.7 Å². The highest BCUT2D eigenvalue weighted by atomic mass is 32.2. The van der Waals surface area contributed by atoms with Crippen molar-refractivity contribution in [3.8, 4) is 0 Å². The van der Waals surface area contributed by atoms with Crippen LogP contribution in [0.2, 0.25) is 0 Å². The molecule has 0 aliphatic rings. The molecule has 4 rings (SSSR count). The van der Waals surface area contributed by atoms with Crippen LogP contribution in [-0.2, 0) is 16.6 Å². The summed E-state index contributed by atoms with van der Waals surface area (Å²) in [5.74, 6) is -0.413. The van der Waals surface area contributed by atoms with E-state index >= 15 is 0 Å². The topological polar surface area (TPSA) is 92.5 Å². The molecule has 7 nitrogen and oxygen atoms in total. The van der Waals surface area contributed by atoms with Gasteiger partial charge in [0.15, 0.2) is 5.13 Å². The fourth-order valence-electron chi connectivity index (χ4n) is 2.80. The molecular formula is C20H16FN3O4S2. The summed E-state index contributed by atoms with van der Waals surface area (Å²) in [5, 5.41) is 2.87. The van der Waals surface area contributed by atoms with Crippen molar-refractivity contribution < 1.29 is 22.0 Å². The molecule has 0 atom stereocenters. The van der Waals surface area contributed by atoms with Crippen molar-refractivity contribution in [2.45, 2.75) is 11.4 Å². The zero-order valence-corrected chi connectivity index (χ0v) is 17.3. The molecular weight excluding hydrogens is 429 g/mol. The summed E-state index contributed by atoms with van der Waals surface area (Å²) in [6.07, 6.45) is 1.48. The Balaban J connectivity index is 1.49. The van der Waals surface area contributed by atoms with Crippen molar-refractivity contribution in [2.24, 2.45) is 0 Å². The van der Waals surface area contributed by atoms with Gasteiger partial charge in [0.05, 0.1) is 22.4 Å². The molecule has 30 heavy (non-hydrogen) atoms. The SMILES string of the molecule is CN(Cc1ccco1)S(=O)(=O)c1ccc(C(=O)Nc2nc3c(F)cccc3s2)cc1. The van der Waals surface area contributed by atoms with Crippen LogP contribution in [0, 0.1) is 5.82 Å². The Labute approximate surface area is 175 Å². The second kappa shape index (κ2) is 7.98. The minimum Gasteiger partial charge on any atom is -0.468 e. The number of hydrogen-bond donors (Lipinski definition) is 1. The summed E-state index contributed by atoms with van der Waals surface area (Å²) < 4.78 is 46.1. The molecule has 0 spiro atoms. The largest absolute Gasteiger partial charge is 0.468 e. The number of rotatable bonds is 6. The first kappa shape index (κ1) is 20.2. The lowest BCUT2D eigenvalue weighted by Crippen LogP contribution is -2.26. The number of hydrogen-bond acceptors (Lipinski definition) is 6. The van der Waals surface area contributed by atoms with Gasteiger partial charge in [0.2, 0.25) is 10.0 Å². The Bertz CT molecular complexity index is 1300. The monoisotopic (exact) mass is 445 g/mol. The molecule has 154 valence electrons. The van der Waals surface area contributed by atoms with Crippen molar-refractivity contribution in [1.29, 1.82) is 0 Å². The number of anilines is 1. The minimum atomic E-state index is -3.75. The van der Waals surface area contributed by atoms with E-state index in [1.807, 2.05) is 0 Å². The standard InChI is InChI=1S/C20H16FN3O4S2/c1-24(12-14-4-3-11-28-14)30(26,27)15-9-7-13(8-10-15)19(25)23-20-22-18-16(21)5-2-6-17(18)29-20/h2-11H,12H2,1H3,(H,22,23,25). The summed E-state index contributed by atoms with van der Waals surface area (Å²) in [4.78, 5) is 16.6. The van der Waals surface area contributed by atoms with E-state index in [-0.39, 0.29) is 27.7 Å². The maximum absolute atomic E-state index is 13.8. The van der Waals surface area contributed by atoms with Gasteiger partial charge in [-0.15, -0.1) is 0 Å². The van der Waals surface area contributed by atoms with Crippen LogP contribution < -0.4 is 5.32 Å². The third-order valence-corrected chi connectivity index (χ3v) is 7.13. The van der Waals surface area contributed by atoms with E-state index in [0.717, 1.165) is 15.6 Å². The number of halogens is 1. The number of thiazole rings is 1. The molecule has 0 aliphatic heterocycles. The zero-order chi connectivity index (χ0) is 21.3. The average molecular weight is 445 g/mol. The second-order valence-electron chi connectivity index (χ2n) is 6.42. The third-order valence-electron chi connectivity index (χ3n) is 4.37. The molecule has 0 radical (unpaired) electrons. The summed E-state index contributed by atoms with van der Waals surface area (Å²) >= 11 is 1.15. The Morgan fingerprint density at radius 3 is 2.60 bits per heavy atom. The highest BCUT2D eigenvalue weighted by molar-refractivity contribution is 7.89. The van der Waals surface area contributed by atoms with Crippen LogP contribution in [0.15, 0.2) is 70.2 Å². The summed E-state index contributed by atoms with van der Waals surface area (Å²) in [7, 11) is -2.30. The molecule has 0 saturated heterocycles. The van der Waals surface area contributed by atoms with E-state index in [4.69, 9.17) is 4.42 Å². The fraction of sp³-hybridized carbons (Fsp3) is 0.100. The molecule has 0 bridgehead atoms. The smallest absolute Gasteiger partial charge is 0.257 e. The number of sulfonamides is 1. The van der Waals surface area contributed by atoms with Crippen molar-refractivity contribution in [3.05, 3.63) is 78.0 Å². The average Bonchev–Trinajstić information content (AvgIpc) is 3.38. The van der Waals surface area contributed by atoms with Crippen LogP contribution in [0.25, 0.3) is 10.2 Å². The number of para-hydroxylation sites is 1. The Morgan fingerprint density at radius 2 is 1.93 bits per heavy atom. The van der Waals surface area contributed by atoms with Gasteiger partial charge < -0.3 is 4.42 Å².